The number of nitrogens with zero attached hydrogens (tertiary/aromatic N) is 2. The van der Waals surface area contributed by atoms with Crippen LogP contribution in [0.15, 0.2) is 29.2 Å². The van der Waals surface area contributed by atoms with Gasteiger partial charge in [-0.15, -0.1) is 16.9 Å². The van der Waals surface area contributed by atoms with Crippen LogP contribution in [0.1, 0.15) is 30.1 Å². The fourth-order valence-electron chi connectivity index (χ4n) is 2.62. The van der Waals surface area contributed by atoms with Gasteiger partial charge in [0.25, 0.3) is 0 Å². The van der Waals surface area contributed by atoms with E-state index in [0.717, 1.165) is 44.8 Å². The third kappa shape index (κ3) is 4.01. The van der Waals surface area contributed by atoms with Crippen LogP contribution in [0.2, 0.25) is 0 Å². The maximum atomic E-state index is 5.38. The number of hydrogen-bond acceptors (Lipinski definition) is 5. The molecule has 1 aromatic carbocycles. The van der Waals surface area contributed by atoms with E-state index in [1.54, 1.807) is 11.8 Å². The average molecular weight is 318 g/mol. The van der Waals surface area contributed by atoms with Crippen LogP contribution >= 0.6 is 11.8 Å². The number of H-pyrrole nitrogens is 1. The van der Waals surface area contributed by atoms with Crippen LogP contribution in [-0.4, -0.2) is 41.2 Å². The van der Waals surface area contributed by atoms with Crippen LogP contribution in [0.5, 0.6) is 0 Å². The molecule has 2 aromatic rings. The molecule has 5 nitrogen and oxygen atoms in total. The van der Waals surface area contributed by atoms with Gasteiger partial charge in [-0.1, -0.05) is 12.1 Å². The van der Waals surface area contributed by atoms with Crippen molar-refractivity contribution in [3.63, 3.8) is 0 Å². The first kappa shape index (κ1) is 15.4. The van der Waals surface area contributed by atoms with Gasteiger partial charge in [-0.05, 0) is 43.2 Å². The van der Waals surface area contributed by atoms with Crippen LogP contribution in [0.25, 0.3) is 0 Å². The lowest BCUT2D eigenvalue weighted by atomic mass is 10.00. The number of thioether (sulfide) groups is 1. The molecule has 22 heavy (non-hydrogen) atoms. The highest BCUT2D eigenvalue weighted by Crippen LogP contribution is 2.24. The van der Waals surface area contributed by atoms with Crippen LogP contribution in [0, 0.1) is 0 Å². The fraction of sp³-hybridized carbons (Fsp3) is 0.500. The minimum Gasteiger partial charge on any atom is -0.381 e. The number of aromatic amines is 1. The maximum absolute atomic E-state index is 5.38. The molecule has 1 aliphatic rings. The molecule has 0 unspecified atom stereocenters. The SMILES string of the molecule is CSc1ccc(CCNc2n[nH]c(C3CCOCC3)n2)cc1. The predicted molar refractivity (Wildman–Crippen MR) is 89.6 cm³/mol. The average Bonchev–Trinajstić information content (AvgIpc) is 3.05. The highest BCUT2D eigenvalue weighted by atomic mass is 32.2. The van der Waals surface area contributed by atoms with E-state index in [0.29, 0.717) is 11.9 Å². The highest BCUT2D eigenvalue weighted by molar-refractivity contribution is 7.98. The van der Waals surface area contributed by atoms with Crippen LogP contribution < -0.4 is 5.32 Å². The quantitative estimate of drug-likeness (QED) is 0.802. The summed E-state index contributed by atoms with van der Waals surface area (Å²) in [5.74, 6) is 2.13. The van der Waals surface area contributed by atoms with Crippen molar-refractivity contribution in [2.75, 3.05) is 31.3 Å². The summed E-state index contributed by atoms with van der Waals surface area (Å²) in [4.78, 5) is 5.85. The minimum atomic E-state index is 0.455. The van der Waals surface area contributed by atoms with Gasteiger partial charge >= 0.3 is 0 Å². The Morgan fingerprint density at radius 2 is 2.05 bits per heavy atom. The van der Waals surface area contributed by atoms with Crippen LogP contribution in [0.4, 0.5) is 5.95 Å². The molecule has 2 heterocycles. The summed E-state index contributed by atoms with van der Waals surface area (Å²) in [5, 5.41) is 10.6. The summed E-state index contributed by atoms with van der Waals surface area (Å²) in [6.45, 7) is 2.48. The van der Waals surface area contributed by atoms with E-state index >= 15 is 0 Å². The van der Waals surface area contributed by atoms with Gasteiger partial charge in [0.1, 0.15) is 5.82 Å². The zero-order chi connectivity index (χ0) is 15.2. The summed E-state index contributed by atoms with van der Waals surface area (Å²) >= 11 is 1.77. The number of benzene rings is 1. The molecule has 0 radical (unpaired) electrons. The van der Waals surface area contributed by atoms with Gasteiger partial charge in [-0.3, -0.25) is 5.10 Å². The third-order valence-corrected chi connectivity index (χ3v) is 4.71. The first-order valence-electron chi connectivity index (χ1n) is 7.72. The molecule has 3 rings (SSSR count). The van der Waals surface area contributed by atoms with Gasteiger partial charge < -0.3 is 10.1 Å². The lowest BCUT2D eigenvalue weighted by Gasteiger charge is -2.19. The van der Waals surface area contributed by atoms with Crippen molar-refractivity contribution >= 4 is 17.7 Å². The first-order valence-corrected chi connectivity index (χ1v) is 8.94. The topological polar surface area (TPSA) is 62.8 Å². The van der Waals surface area contributed by atoms with Gasteiger partial charge in [-0.2, -0.15) is 4.98 Å². The molecule has 1 aromatic heterocycles. The second-order valence-corrected chi connectivity index (χ2v) is 6.34. The van der Waals surface area contributed by atoms with Crippen molar-refractivity contribution in [1.82, 2.24) is 15.2 Å². The first-order chi connectivity index (χ1) is 10.8. The van der Waals surface area contributed by atoms with E-state index in [1.807, 2.05) is 0 Å². The Morgan fingerprint density at radius 1 is 1.27 bits per heavy atom. The smallest absolute Gasteiger partial charge is 0.242 e. The van der Waals surface area contributed by atoms with E-state index in [2.05, 4.69) is 51.0 Å². The zero-order valence-electron chi connectivity index (χ0n) is 12.8. The summed E-state index contributed by atoms with van der Waals surface area (Å²) in [5.41, 5.74) is 1.32. The third-order valence-electron chi connectivity index (χ3n) is 3.97. The predicted octanol–water partition coefficient (Wildman–Crippen LogP) is 3.08. The van der Waals surface area contributed by atoms with Gasteiger partial charge in [0.2, 0.25) is 5.95 Å². The highest BCUT2D eigenvalue weighted by Gasteiger charge is 2.19. The summed E-state index contributed by atoms with van der Waals surface area (Å²) in [6.07, 6.45) is 5.11. The maximum Gasteiger partial charge on any atom is 0.242 e. The molecule has 0 atom stereocenters. The summed E-state index contributed by atoms with van der Waals surface area (Å²) in [7, 11) is 0. The molecule has 0 aliphatic carbocycles. The minimum absolute atomic E-state index is 0.455. The summed E-state index contributed by atoms with van der Waals surface area (Å²) in [6, 6.07) is 8.68. The molecular formula is C16H22N4OS. The largest absolute Gasteiger partial charge is 0.381 e. The van der Waals surface area contributed by atoms with Crippen molar-refractivity contribution in [3.8, 4) is 0 Å². The molecule has 0 amide bonds. The zero-order valence-corrected chi connectivity index (χ0v) is 13.7. The fourth-order valence-corrected chi connectivity index (χ4v) is 3.03. The number of rotatable bonds is 6. The molecule has 1 saturated heterocycles. The Balaban J connectivity index is 1.48. The van der Waals surface area contributed by atoms with Crippen molar-refractivity contribution in [3.05, 3.63) is 35.7 Å². The standard InChI is InChI=1S/C16H22N4OS/c1-22-14-4-2-12(3-5-14)6-9-17-16-18-15(19-20-16)13-7-10-21-11-8-13/h2-5,13H,6-11H2,1H3,(H2,17,18,19,20). The van der Waals surface area contributed by atoms with E-state index in [4.69, 9.17) is 4.74 Å². The van der Waals surface area contributed by atoms with Crippen LogP contribution in [-0.2, 0) is 11.2 Å². The van der Waals surface area contributed by atoms with Crippen LogP contribution in [0.3, 0.4) is 0 Å². The Kier molecular flexibility index (Phi) is 5.34. The Morgan fingerprint density at radius 3 is 2.77 bits per heavy atom. The summed E-state index contributed by atoms with van der Waals surface area (Å²) < 4.78 is 5.38. The van der Waals surface area contributed by atoms with Crippen molar-refractivity contribution in [1.29, 1.82) is 0 Å². The number of aromatic nitrogens is 3. The number of nitrogens with one attached hydrogen (secondary N) is 2. The molecule has 6 heteroatoms. The molecule has 2 N–H and O–H groups in total. The monoisotopic (exact) mass is 318 g/mol. The molecule has 0 bridgehead atoms. The lowest BCUT2D eigenvalue weighted by molar-refractivity contribution is 0.0836. The van der Waals surface area contributed by atoms with Crippen molar-refractivity contribution in [2.24, 2.45) is 0 Å². The normalized spacial score (nSPS) is 15.9. The van der Waals surface area contributed by atoms with E-state index in [9.17, 15) is 0 Å². The van der Waals surface area contributed by atoms with E-state index in [1.165, 1.54) is 10.5 Å². The van der Waals surface area contributed by atoms with Gasteiger partial charge in [0.05, 0.1) is 0 Å². The van der Waals surface area contributed by atoms with Crippen molar-refractivity contribution < 1.29 is 4.74 Å². The number of hydrogen-bond donors (Lipinski definition) is 2. The second kappa shape index (κ2) is 7.65. The molecule has 0 spiro atoms. The second-order valence-electron chi connectivity index (χ2n) is 5.46. The molecule has 1 fully saturated rings. The lowest BCUT2D eigenvalue weighted by Crippen LogP contribution is -2.15. The Hall–Kier alpha value is -1.53. The van der Waals surface area contributed by atoms with E-state index in [-0.39, 0.29) is 0 Å². The van der Waals surface area contributed by atoms with Gasteiger partial charge in [-0.25, -0.2) is 0 Å². The van der Waals surface area contributed by atoms with Gasteiger partial charge in [0, 0.05) is 30.6 Å². The Bertz CT molecular complexity index is 578. The molecule has 118 valence electrons. The number of anilines is 1. The molecule has 0 saturated carbocycles. The van der Waals surface area contributed by atoms with E-state index < -0.39 is 0 Å². The van der Waals surface area contributed by atoms with Gasteiger partial charge in [0.15, 0.2) is 0 Å². The van der Waals surface area contributed by atoms with Crippen molar-refractivity contribution in [2.45, 2.75) is 30.1 Å². The Labute approximate surface area is 135 Å². The molecular weight excluding hydrogens is 296 g/mol. The molecule has 1 aliphatic heterocycles. The number of ether oxygens (including phenoxy) is 1.